The van der Waals surface area contributed by atoms with Crippen molar-refractivity contribution in [2.45, 2.75) is 37.6 Å². The maximum Gasteiger partial charge on any atom is 0.268 e. The summed E-state index contributed by atoms with van der Waals surface area (Å²) >= 11 is 15.0. The molecule has 0 spiro atoms. The third-order valence-corrected chi connectivity index (χ3v) is 8.88. The van der Waals surface area contributed by atoms with E-state index in [1.54, 1.807) is 47.0 Å². The number of benzene rings is 2. The molecule has 0 N–H and O–H groups in total. The lowest BCUT2D eigenvalue weighted by Gasteiger charge is -2.29. The number of hydrogen-bond acceptors (Lipinski definition) is 7. The van der Waals surface area contributed by atoms with Gasteiger partial charge in [0.15, 0.2) is 10.9 Å². The number of carbonyl (C=O) groups is 1. The minimum absolute atomic E-state index is 0.0570. The Morgan fingerprint density at radius 1 is 1.14 bits per heavy atom. The summed E-state index contributed by atoms with van der Waals surface area (Å²) in [6.45, 7) is 4.48. The number of thiophene rings is 1. The lowest BCUT2D eigenvalue weighted by Crippen LogP contribution is -2.32. The Morgan fingerprint density at radius 2 is 1.92 bits per heavy atom. The van der Waals surface area contributed by atoms with Crippen LogP contribution in [0.3, 0.4) is 0 Å². The Balaban J connectivity index is 1.54. The highest BCUT2D eigenvalue weighted by Crippen LogP contribution is 2.39. The third-order valence-electron chi connectivity index (χ3n) is 6.27. The molecule has 1 aliphatic heterocycles. The fraction of sp³-hybridized carbons (Fsp3) is 0.231. The van der Waals surface area contributed by atoms with Crippen LogP contribution in [0.25, 0.3) is 21.7 Å². The molecule has 0 saturated carbocycles. The topological polar surface area (TPSA) is 78.5 Å². The van der Waals surface area contributed by atoms with E-state index >= 15 is 0 Å². The lowest BCUT2D eigenvalue weighted by molar-refractivity contribution is -0.0379. The van der Waals surface area contributed by atoms with Gasteiger partial charge in [-0.05, 0) is 61.9 Å². The average Bonchev–Trinajstić information content (AvgIpc) is 3.44. The van der Waals surface area contributed by atoms with Gasteiger partial charge < -0.3 is 4.74 Å². The predicted octanol–water partition coefficient (Wildman–Crippen LogP) is 6.23. The van der Waals surface area contributed by atoms with E-state index in [9.17, 15) is 9.59 Å². The number of fused-ring (bicyclic) bond motifs is 5. The van der Waals surface area contributed by atoms with E-state index in [4.69, 9.17) is 27.9 Å². The number of Topliss-reactive ketones (excluding diaryl/α,β-unsaturated/α-hetero) is 1. The summed E-state index contributed by atoms with van der Waals surface area (Å²) in [5.41, 5.74) is 1.58. The summed E-state index contributed by atoms with van der Waals surface area (Å²) in [6.07, 6.45) is 0.609. The zero-order valence-corrected chi connectivity index (χ0v) is 23.0. The van der Waals surface area contributed by atoms with Crippen molar-refractivity contribution >= 4 is 68.1 Å². The maximum absolute atomic E-state index is 14.0. The van der Waals surface area contributed by atoms with Gasteiger partial charge in [-0.2, -0.15) is 0 Å². The van der Waals surface area contributed by atoms with Gasteiger partial charge in [0.1, 0.15) is 4.83 Å². The highest BCUT2D eigenvalue weighted by molar-refractivity contribution is 7.99. The Hall–Kier alpha value is -2.69. The van der Waals surface area contributed by atoms with Crippen molar-refractivity contribution < 1.29 is 9.53 Å². The van der Waals surface area contributed by atoms with Gasteiger partial charge in [-0.15, -0.1) is 21.5 Å². The molecular formula is C26H20Cl2N4O3S2. The van der Waals surface area contributed by atoms with Crippen molar-refractivity contribution in [3.63, 3.8) is 0 Å². The second kappa shape index (κ2) is 9.25. The fourth-order valence-corrected chi connectivity index (χ4v) is 6.91. The highest BCUT2D eigenvalue weighted by atomic mass is 35.5. The number of hydrogen-bond donors (Lipinski definition) is 0. The SMILES string of the molecule is CC1(C)Cc2c(sc3c2c(=O)n(-c2cccc(Cl)c2)c2nnc(SCC(=O)c4ccc(Cl)cc4)n32)CO1. The molecule has 3 aromatic heterocycles. The summed E-state index contributed by atoms with van der Waals surface area (Å²) in [4.78, 5) is 28.6. The largest absolute Gasteiger partial charge is 0.370 e. The first-order valence-electron chi connectivity index (χ1n) is 11.5. The lowest BCUT2D eigenvalue weighted by atomic mass is 9.94. The molecule has 7 nitrogen and oxygen atoms in total. The van der Waals surface area contributed by atoms with E-state index in [2.05, 4.69) is 10.2 Å². The summed E-state index contributed by atoms with van der Waals surface area (Å²) in [7, 11) is 0. The molecule has 0 aliphatic carbocycles. The van der Waals surface area contributed by atoms with Crippen LogP contribution in [0.15, 0.2) is 58.5 Å². The van der Waals surface area contributed by atoms with Crippen LogP contribution in [-0.2, 0) is 17.8 Å². The molecule has 2 aromatic carbocycles. The maximum atomic E-state index is 14.0. The standard InChI is InChI=1S/C26H20Cl2N4O3S2/c1-26(2)11-18-20(12-35-26)37-23-21(18)22(34)31(17-5-3-4-16(28)10-17)24-29-30-25(32(23)24)36-13-19(33)14-6-8-15(27)9-7-14/h3-10H,11-13H2,1-2H3. The first-order chi connectivity index (χ1) is 17.7. The van der Waals surface area contributed by atoms with Crippen LogP contribution in [0.5, 0.6) is 0 Å². The van der Waals surface area contributed by atoms with Crippen molar-refractivity contribution in [1.82, 2.24) is 19.2 Å². The van der Waals surface area contributed by atoms with Gasteiger partial charge in [-0.1, -0.05) is 41.0 Å². The Morgan fingerprint density at radius 3 is 2.68 bits per heavy atom. The van der Waals surface area contributed by atoms with Crippen LogP contribution < -0.4 is 5.56 Å². The van der Waals surface area contributed by atoms with Gasteiger partial charge in [-0.25, -0.2) is 8.97 Å². The summed E-state index contributed by atoms with van der Waals surface area (Å²) < 4.78 is 9.45. The Kier molecular flexibility index (Phi) is 6.16. The minimum Gasteiger partial charge on any atom is -0.370 e. The monoisotopic (exact) mass is 570 g/mol. The van der Waals surface area contributed by atoms with E-state index < -0.39 is 0 Å². The molecule has 0 saturated heterocycles. The van der Waals surface area contributed by atoms with Gasteiger partial charge in [0.2, 0.25) is 5.78 Å². The quantitative estimate of drug-likeness (QED) is 0.184. The van der Waals surface area contributed by atoms with Gasteiger partial charge in [0.25, 0.3) is 5.56 Å². The van der Waals surface area contributed by atoms with Gasteiger partial charge in [0, 0.05) is 26.9 Å². The van der Waals surface area contributed by atoms with Crippen molar-refractivity contribution in [3.05, 3.63) is 84.9 Å². The van der Waals surface area contributed by atoms with Crippen LogP contribution in [0.1, 0.15) is 34.6 Å². The van der Waals surface area contributed by atoms with Crippen molar-refractivity contribution in [2.24, 2.45) is 0 Å². The molecule has 0 bridgehead atoms. The van der Waals surface area contributed by atoms with E-state index in [0.717, 1.165) is 15.3 Å². The van der Waals surface area contributed by atoms with Crippen LogP contribution in [0.4, 0.5) is 0 Å². The molecule has 11 heteroatoms. The molecule has 5 aromatic rings. The first-order valence-corrected chi connectivity index (χ1v) is 14.0. The second-order valence-corrected chi connectivity index (χ2v) is 12.3. The molecule has 6 rings (SSSR count). The van der Waals surface area contributed by atoms with Gasteiger partial charge in [0.05, 0.1) is 29.0 Å². The predicted molar refractivity (Wildman–Crippen MR) is 148 cm³/mol. The summed E-state index contributed by atoms with van der Waals surface area (Å²) in [5.74, 6) is 0.458. The number of halogens is 2. The van der Waals surface area contributed by atoms with Crippen LogP contribution >= 0.6 is 46.3 Å². The van der Waals surface area contributed by atoms with Crippen molar-refractivity contribution in [1.29, 1.82) is 0 Å². The number of thioether (sulfide) groups is 1. The smallest absolute Gasteiger partial charge is 0.268 e. The normalized spacial score (nSPS) is 14.8. The summed E-state index contributed by atoms with van der Waals surface area (Å²) in [5, 5.41) is 11.0. The number of ketones is 1. The highest BCUT2D eigenvalue weighted by Gasteiger charge is 2.32. The molecule has 1 aliphatic rings. The minimum atomic E-state index is -0.390. The van der Waals surface area contributed by atoms with Gasteiger partial charge >= 0.3 is 0 Å². The Labute approximate surface area is 230 Å². The zero-order chi connectivity index (χ0) is 25.9. The summed E-state index contributed by atoms with van der Waals surface area (Å²) in [6, 6.07) is 13.9. The molecule has 37 heavy (non-hydrogen) atoms. The fourth-order valence-electron chi connectivity index (χ4n) is 4.50. The number of aromatic nitrogens is 4. The number of rotatable bonds is 5. The number of nitrogens with zero attached hydrogens (tertiary/aromatic N) is 4. The van der Waals surface area contributed by atoms with Crippen LogP contribution in [-0.4, -0.2) is 36.3 Å². The van der Waals surface area contributed by atoms with E-state index in [1.165, 1.54) is 23.1 Å². The average molecular weight is 572 g/mol. The van der Waals surface area contributed by atoms with Crippen molar-refractivity contribution in [3.8, 4) is 5.69 Å². The molecular weight excluding hydrogens is 551 g/mol. The van der Waals surface area contributed by atoms with E-state index in [1.807, 2.05) is 24.3 Å². The zero-order valence-electron chi connectivity index (χ0n) is 19.8. The molecule has 0 unspecified atom stereocenters. The molecule has 4 heterocycles. The third kappa shape index (κ3) is 4.38. The molecule has 0 fully saturated rings. The number of carbonyl (C=O) groups excluding carboxylic acids is 1. The second-order valence-electron chi connectivity index (χ2n) is 9.37. The molecule has 0 radical (unpaired) electrons. The van der Waals surface area contributed by atoms with E-state index in [0.29, 0.717) is 50.6 Å². The molecule has 188 valence electrons. The van der Waals surface area contributed by atoms with Crippen LogP contribution in [0, 0.1) is 0 Å². The Bertz CT molecular complexity index is 1760. The van der Waals surface area contributed by atoms with Crippen LogP contribution in [0.2, 0.25) is 10.0 Å². The van der Waals surface area contributed by atoms with Gasteiger partial charge in [-0.3, -0.25) is 9.59 Å². The van der Waals surface area contributed by atoms with E-state index in [-0.39, 0.29) is 22.7 Å². The first kappa shape index (κ1) is 24.6. The van der Waals surface area contributed by atoms with Crippen molar-refractivity contribution in [2.75, 3.05) is 5.75 Å². The molecule has 0 amide bonds. The molecule has 0 atom stereocenters. The number of ether oxygens (including phenoxy) is 1.